The SMILES string of the molecule is CC1=[C-]C(C)C(C)=C1C.[C-]1=CC=CC1.[CH2-]CC.[SiH3].[Zr+3]. The molecule has 0 aromatic carbocycles. The van der Waals surface area contributed by atoms with Gasteiger partial charge >= 0.3 is 26.2 Å². The first-order chi connectivity index (χ1) is 8.04. The van der Waals surface area contributed by atoms with Crippen molar-refractivity contribution < 1.29 is 26.2 Å². The van der Waals surface area contributed by atoms with Crippen molar-refractivity contribution in [3.63, 3.8) is 0 Å². The fourth-order valence-electron chi connectivity index (χ4n) is 1.50. The van der Waals surface area contributed by atoms with E-state index in [2.05, 4.69) is 52.8 Å². The summed E-state index contributed by atoms with van der Waals surface area (Å²) < 4.78 is 0. The van der Waals surface area contributed by atoms with Gasteiger partial charge in [0.2, 0.25) is 0 Å². The second-order valence-electron chi connectivity index (χ2n) is 4.30. The van der Waals surface area contributed by atoms with E-state index < -0.39 is 0 Å². The average Bonchev–Trinajstić information content (AvgIpc) is 2.91. The van der Waals surface area contributed by atoms with Gasteiger partial charge in [-0.15, -0.1) is 13.3 Å². The summed E-state index contributed by atoms with van der Waals surface area (Å²) in [6.45, 7) is 14.2. The van der Waals surface area contributed by atoms with Crippen molar-refractivity contribution in [2.75, 3.05) is 0 Å². The van der Waals surface area contributed by atoms with E-state index in [4.69, 9.17) is 0 Å². The van der Waals surface area contributed by atoms with Gasteiger partial charge in [-0.3, -0.25) is 12.2 Å². The number of hydrogen-bond donors (Lipinski definition) is 0. The fourth-order valence-corrected chi connectivity index (χ4v) is 1.50. The Bertz CT molecular complexity index is 325. The normalized spacial score (nSPS) is 18.4. The minimum Gasteiger partial charge on any atom is -0.344 e. The molecule has 104 valence electrons. The van der Waals surface area contributed by atoms with Gasteiger partial charge < -0.3 is 6.92 Å². The third kappa shape index (κ3) is 10.5. The average molecular weight is 352 g/mol. The van der Waals surface area contributed by atoms with E-state index in [-0.39, 0.29) is 37.2 Å². The minimum atomic E-state index is 0. The quantitative estimate of drug-likeness (QED) is 0.456. The van der Waals surface area contributed by atoms with Crippen molar-refractivity contribution in [3.05, 3.63) is 54.0 Å². The van der Waals surface area contributed by atoms with Crippen LogP contribution in [-0.4, -0.2) is 11.0 Å². The number of hydrogen-bond acceptors (Lipinski definition) is 0. The largest absolute Gasteiger partial charge is 3.00 e. The predicted octanol–water partition coefficient (Wildman–Crippen LogP) is 4.07. The van der Waals surface area contributed by atoms with Crippen LogP contribution in [0, 0.1) is 25.0 Å². The molecule has 0 heterocycles. The van der Waals surface area contributed by atoms with Crippen molar-refractivity contribution >= 4 is 11.0 Å². The van der Waals surface area contributed by atoms with Crippen LogP contribution in [0.4, 0.5) is 0 Å². The van der Waals surface area contributed by atoms with Crippen molar-refractivity contribution in [2.45, 2.75) is 47.5 Å². The van der Waals surface area contributed by atoms with Crippen molar-refractivity contribution in [1.29, 1.82) is 0 Å². The molecule has 0 saturated heterocycles. The van der Waals surface area contributed by atoms with Crippen LogP contribution in [0.3, 0.4) is 0 Å². The molecule has 2 aliphatic carbocycles. The maximum atomic E-state index is 3.49. The Morgan fingerprint density at radius 2 is 1.84 bits per heavy atom. The Kier molecular flexibility index (Phi) is 18.4. The summed E-state index contributed by atoms with van der Waals surface area (Å²) in [5.41, 5.74) is 4.25. The molecule has 0 aliphatic heterocycles. The Labute approximate surface area is 144 Å². The van der Waals surface area contributed by atoms with E-state index in [0.29, 0.717) is 5.92 Å². The first-order valence-electron chi connectivity index (χ1n) is 6.33. The van der Waals surface area contributed by atoms with E-state index in [1.54, 1.807) is 0 Å². The molecule has 0 aromatic rings. The number of allylic oxidation sites excluding steroid dienone is 8. The van der Waals surface area contributed by atoms with E-state index >= 15 is 0 Å². The molecule has 0 saturated carbocycles. The molecule has 1 unspecified atom stereocenters. The Morgan fingerprint density at radius 1 is 1.32 bits per heavy atom. The van der Waals surface area contributed by atoms with Crippen LogP contribution in [0.15, 0.2) is 34.9 Å². The molecule has 2 heteroatoms. The molecule has 0 fully saturated rings. The van der Waals surface area contributed by atoms with Gasteiger partial charge in [0.25, 0.3) is 0 Å². The summed E-state index contributed by atoms with van der Waals surface area (Å²) in [6.07, 6.45) is 14.4. The van der Waals surface area contributed by atoms with Gasteiger partial charge in [-0.05, 0) is 11.0 Å². The second kappa shape index (κ2) is 14.5. The Balaban J connectivity index is -0.000000221. The predicted molar refractivity (Wildman–Crippen MR) is 87.1 cm³/mol. The molecule has 0 nitrogen and oxygen atoms in total. The summed E-state index contributed by atoms with van der Waals surface area (Å²) in [7, 11) is 0. The van der Waals surface area contributed by atoms with Crippen molar-refractivity contribution in [2.24, 2.45) is 5.92 Å². The van der Waals surface area contributed by atoms with Gasteiger partial charge in [-0.25, -0.2) is 17.7 Å². The minimum absolute atomic E-state index is 0. The first kappa shape index (κ1) is 24.1. The van der Waals surface area contributed by atoms with Gasteiger partial charge in [-0.2, -0.15) is 23.6 Å². The molecule has 19 heavy (non-hydrogen) atoms. The van der Waals surface area contributed by atoms with Crippen LogP contribution in [0.2, 0.25) is 0 Å². The molecule has 0 bridgehead atoms. The van der Waals surface area contributed by atoms with Crippen LogP contribution in [0.25, 0.3) is 0 Å². The van der Waals surface area contributed by atoms with Crippen LogP contribution in [-0.2, 0) is 26.2 Å². The zero-order chi connectivity index (χ0) is 13.3. The van der Waals surface area contributed by atoms with Crippen molar-refractivity contribution in [3.8, 4) is 0 Å². The third-order valence-electron chi connectivity index (χ3n) is 2.82. The van der Waals surface area contributed by atoms with Crippen LogP contribution >= 0.6 is 0 Å². The maximum absolute atomic E-state index is 3.49. The van der Waals surface area contributed by atoms with E-state index in [0.717, 1.165) is 12.8 Å². The van der Waals surface area contributed by atoms with Gasteiger partial charge in [0, 0.05) is 0 Å². The molecule has 1 atom stereocenters. The second-order valence-corrected chi connectivity index (χ2v) is 4.30. The molecule has 0 amide bonds. The van der Waals surface area contributed by atoms with Gasteiger partial charge in [-0.1, -0.05) is 33.6 Å². The van der Waals surface area contributed by atoms with Crippen LogP contribution < -0.4 is 0 Å². The number of rotatable bonds is 0. The van der Waals surface area contributed by atoms with Gasteiger partial charge in [0.05, 0.1) is 0 Å². The topological polar surface area (TPSA) is 0 Å². The summed E-state index contributed by atoms with van der Waals surface area (Å²) >= 11 is 0. The fraction of sp³-hybridized carbons (Fsp3) is 0.471. The standard InChI is InChI=1S/C9H13.C5H5.C3H7.H3Si.Zr/c1-6-5-7(2)9(4)8(6)3;1-2-4-5-3-1;1-3-2;;/h6H,1-4H3;1-3H,4H2;1,3H2,2H3;1H3;/q3*-1;;+3. The van der Waals surface area contributed by atoms with E-state index in [9.17, 15) is 0 Å². The summed E-state index contributed by atoms with van der Waals surface area (Å²) in [6, 6.07) is 0. The van der Waals surface area contributed by atoms with Crippen molar-refractivity contribution in [1.82, 2.24) is 0 Å². The molecule has 2 rings (SSSR count). The third-order valence-corrected chi connectivity index (χ3v) is 2.82. The zero-order valence-electron chi connectivity index (χ0n) is 13.4. The summed E-state index contributed by atoms with van der Waals surface area (Å²) in [4.78, 5) is 0. The smallest absolute Gasteiger partial charge is 0.344 e. The molecule has 0 N–H and O–H groups in total. The zero-order valence-corrected chi connectivity index (χ0v) is 17.9. The maximum Gasteiger partial charge on any atom is 3.00 e. The van der Waals surface area contributed by atoms with Crippen LogP contribution in [0.1, 0.15) is 47.5 Å². The van der Waals surface area contributed by atoms with Gasteiger partial charge in [0.15, 0.2) is 0 Å². The first-order valence-corrected chi connectivity index (χ1v) is 6.33. The summed E-state index contributed by atoms with van der Waals surface area (Å²) in [5, 5.41) is 0. The Hall–Kier alpha value is 0.0600. The van der Waals surface area contributed by atoms with E-state index in [1.165, 1.54) is 16.7 Å². The van der Waals surface area contributed by atoms with E-state index in [1.807, 2.05) is 19.1 Å². The molecular formula is C17H28SiZr. The molecule has 2 aliphatic rings. The van der Waals surface area contributed by atoms with Gasteiger partial charge in [0.1, 0.15) is 0 Å². The molecule has 0 aromatic heterocycles. The molecule has 2 radical (unpaired) electrons. The Morgan fingerprint density at radius 3 is 1.95 bits per heavy atom. The molecule has 0 spiro atoms. The monoisotopic (exact) mass is 350 g/mol. The summed E-state index contributed by atoms with van der Waals surface area (Å²) in [5.74, 6) is 0.560. The molecular weight excluding hydrogens is 323 g/mol. The van der Waals surface area contributed by atoms with Crippen LogP contribution in [0.5, 0.6) is 0 Å².